The van der Waals surface area contributed by atoms with Gasteiger partial charge < -0.3 is 14.8 Å². The summed E-state index contributed by atoms with van der Waals surface area (Å²) in [5.74, 6) is 1.32. The van der Waals surface area contributed by atoms with Crippen LogP contribution in [0.5, 0.6) is 0 Å². The molecule has 0 radical (unpaired) electrons. The van der Waals surface area contributed by atoms with E-state index in [2.05, 4.69) is 12.2 Å². The zero-order valence-corrected chi connectivity index (χ0v) is 17.5. The molecule has 1 aliphatic rings. The summed E-state index contributed by atoms with van der Waals surface area (Å²) < 4.78 is 1.95. The van der Waals surface area contributed by atoms with Crippen LogP contribution in [-0.4, -0.2) is 39.4 Å². The molecule has 156 valence electrons. The van der Waals surface area contributed by atoms with E-state index in [0.717, 1.165) is 37.0 Å². The van der Waals surface area contributed by atoms with Gasteiger partial charge >= 0.3 is 0 Å². The summed E-state index contributed by atoms with van der Waals surface area (Å²) in [4.78, 5) is 32.4. The quantitative estimate of drug-likeness (QED) is 0.704. The SMILES string of the molecule is CC1CCN(C(=O)Cn2c(C(C)NC(=O)c3ccccc3)nc3ccccc32)CC1. The molecule has 1 aromatic heterocycles. The third-order valence-corrected chi connectivity index (χ3v) is 5.88. The van der Waals surface area contributed by atoms with Crippen LogP contribution in [0.15, 0.2) is 54.6 Å². The molecule has 2 heterocycles. The van der Waals surface area contributed by atoms with Crippen molar-refractivity contribution in [1.29, 1.82) is 0 Å². The molecule has 0 aliphatic carbocycles. The number of amides is 2. The van der Waals surface area contributed by atoms with Crippen molar-refractivity contribution in [2.75, 3.05) is 13.1 Å². The lowest BCUT2D eigenvalue weighted by atomic mass is 9.99. The van der Waals surface area contributed by atoms with Gasteiger partial charge in [0.25, 0.3) is 5.91 Å². The van der Waals surface area contributed by atoms with Gasteiger partial charge in [0.15, 0.2) is 0 Å². The first-order valence-corrected chi connectivity index (χ1v) is 10.6. The number of benzene rings is 2. The van der Waals surface area contributed by atoms with Gasteiger partial charge in [0.05, 0.1) is 17.1 Å². The Morgan fingerprint density at radius 2 is 1.73 bits per heavy atom. The minimum atomic E-state index is -0.334. The van der Waals surface area contributed by atoms with Crippen molar-refractivity contribution in [3.63, 3.8) is 0 Å². The molecule has 30 heavy (non-hydrogen) atoms. The second-order valence-corrected chi connectivity index (χ2v) is 8.17. The maximum Gasteiger partial charge on any atom is 0.251 e. The van der Waals surface area contributed by atoms with Crippen molar-refractivity contribution in [2.45, 2.75) is 39.3 Å². The third kappa shape index (κ3) is 4.22. The highest BCUT2D eigenvalue weighted by atomic mass is 16.2. The Bertz CT molecular complexity index is 1040. The van der Waals surface area contributed by atoms with Gasteiger partial charge in [0.2, 0.25) is 5.91 Å². The molecule has 1 saturated heterocycles. The summed E-state index contributed by atoms with van der Waals surface area (Å²) in [5.41, 5.74) is 2.34. The average molecular weight is 405 g/mol. The van der Waals surface area contributed by atoms with E-state index in [1.54, 1.807) is 12.1 Å². The topological polar surface area (TPSA) is 67.2 Å². The van der Waals surface area contributed by atoms with E-state index in [1.165, 1.54) is 0 Å². The molecule has 2 aromatic carbocycles. The number of carbonyl (C=O) groups excluding carboxylic acids is 2. The Balaban J connectivity index is 1.58. The largest absolute Gasteiger partial charge is 0.342 e. The normalized spacial score (nSPS) is 15.9. The lowest BCUT2D eigenvalue weighted by molar-refractivity contribution is -0.133. The van der Waals surface area contributed by atoms with Crippen LogP contribution in [0.25, 0.3) is 11.0 Å². The standard InChI is InChI=1S/C24H28N4O2/c1-17-12-14-27(15-13-17)22(29)16-28-21-11-7-6-10-20(21)26-23(28)18(2)25-24(30)19-8-4-3-5-9-19/h3-11,17-18H,12-16H2,1-2H3,(H,25,30). The number of hydrogen-bond acceptors (Lipinski definition) is 3. The molecule has 1 atom stereocenters. The van der Waals surface area contributed by atoms with Crippen molar-refractivity contribution in [3.05, 3.63) is 66.0 Å². The number of para-hydroxylation sites is 2. The summed E-state index contributed by atoms with van der Waals surface area (Å²) in [6.07, 6.45) is 2.10. The van der Waals surface area contributed by atoms with Crippen LogP contribution in [0.3, 0.4) is 0 Å². The van der Waals surface area contributed by atoms with E-state index in [4.69, 9.17) is 4.98 Å². The van der Waals surface area contributed by atoms with Gasteiger partial charge in [-0.15, -0.1) is 0 Å². The van der Waals surface area contributed by atoms with Crippen LogP contribution >= 0.6 is 0 Å². The fraction of sp³-hybridized carbons (Fsp3) is 0.375. The van der Waals surface area contributed by atoms with Crippen molar-refractivity contribution in [1.82, 2.24) is 19.8 Å². The molecule has 0 spiro atoms. The minimum absolute atomic E-state index is 0.105. The van der Waals surface area contributed by atoms with Gasteiger partial charge in [-0.25, -0.2) is 4.98 Å². The predicted octanol–water partition coefficient (Wildman–Crippen LogP) is 3.79. The molecule has 1 unspecified atom stereocenters. The Labute approximate surface area is 176 Å². The van der Waals surface area contributed by atoms with E-state index in [1.807, 2.05) is 58.9 Å². The second-order valence-electron chi connectivity index (χ2n) is 8.17. The molecule has 2 amide bonds. The zero-order chi connectivity index (χ0) is 21.1. The van der Waals surface area contributed by atoms with E-state index in [9.17, 15) is 9.59 Å². The van der Waals surface area contributed by atoms with Crippen LogP contribution < -0.4 is 5.32 Å². The number of nitrogens with one attached hydrogen (secondary N) is 1. The number of imidazole rings is 1. The molecule has 0 saturated carbocycles. The summed E-state index contributed by atoms with van der Waals surface area (Å²) >= 11 is 0. The molecular weight excluding hydrogens is 376 g/mol. The number of aromatic nitrogens is 2. The van der Waals surface area contributed by atoms with Crippen LogP contribution in [0, 0.1) is 5.92 Å². The first kappa shape index (κ1) is 20.1. The number of likely N-dealkylation sites (tertiary alicyclic amines) is 1. The predicted molar refractivity (Wildman–Crippen MR) is 117 cm³/mol. The first-order chi connectivity index (χ1) is 14.5. The maximum absolute atomic E-state index is 13.0. The van der Waals surface area contributed by atoms with Gasteiger partial charge in [-0.1, -0.05) is 37.3 Å². The van der Waals surface area contributed by atoms with E-state index >= 15 is 0 Å². The Morgan fingerprint density at radius 1 is 1.07 bits per heavy atom. The maximum atomic E-state index is 13.0. The Kier molecular flexibility index (Phi) is 5.84. The Morgan fingerprint density at radius 3 is 2.47 bits per heavy atom. The van der Waals surface area contributed by atoms with E-state index in [-0.39, 0.29) is 24.4 Å². The minimum Gasteiger partial charge on any atom is -0.342 e. The monoisotopic (exact) mass is 404 g/mol. The first-order valence-electron chi connectivity index (χ1n) is 10.6. The average Bonchev–Trinajstić information content (AvgIpc) is 3.13. The number of nitrogens with zero attached hydrogens (tertiary/aromatic N) is 3. The van der Waals surface area contributed by atoms with Gasteiger partial charge in [-0.2, -0.15) is 0 Å². The van der Waals surface area contributed by atoms with Crippen molar-refractivity contribution >= 4 is 22.8 Å². The summed E-state index contributed by atoms with van der Waals surface area (Å²) in [5, 5.41) is 3.03. The van der Waals surface area contributed by atoms with Gasteiger partial charge in [-0.05, 0) is 49.9 Å². The van der Waals surface area contributed by atoms with Crippen LogP contribution in [0.2, 0.25) is 0 Å². The van der Waals surface area contributed by atoms with Crippen molar-refractivity contribution < 1.29 is 9.59 Å². The second kappa shape index (κ2) is 8.69. The molecule has 6 heteroatoms. The zero-order valence-electron chi connectivity index (χ0n) is 17.5. The molecule has 3 aromatic rings. The molecule has 1 fully saturated rings. The lowest BCUT2D eigenvalue weighted by Crippen LogP contribution is -2.40. The van der Waals surface area contributed by atoms with Crippen LogP contribution in [0.1, 0.15) is 48.9 Å². The number of hydrogen-bond donors (Lipinski definition) is 1. The molecule has 6 nitrogen and oxygen atoms in total. The van der Waals surface area contributed by atoms with Crippen molar-refractivity contribution in [3.8, 4) is 0 Å². The highest BCUT2D eigenvalue weighted by Crippen LogP contribution is 2.23. The number of fused-ring (bicyclic) bond motifs is 1. The molecule has 1 N–H and O–H groups in total. The van der Waals surface area contributed by atoms with Gasteiger partial charge in [0, 0.05) is 18.7 Å². The van der Waals surface area contributed by atoms with Crippen LogP contribution in [0.4, 0.5) is 0 Å². The van der Waals surface area contributed by atoms with E-state index in [0.29, 0.717) is 17.3 Å². The van der Waals surface area contributed by atoms with Gasteiger partial charge in [-0.3, -0.25) is 9.59 Å². The van der Waals surface area contributed by atoms with Crippen molar-refractivity contribution in [2.24, 2.45) is 5.92 Å². The molecule has 4 rings (SSSR count). The van der Waals surface area contributed by atoms with Gasteiger partial charge in [0.1, 0.15) is 12.4 Å². The third-order valence-electron chi connectivity index (χ3n) is 5.88. The van der Waals surface area contributed by atoms with E-state index < -0.39 is 0 Å². The summed E-state index contributed by atoms with van der Waals surface area (Å²) in [7, 11) is 0. The molecule has 0 bridgehead atoms. The van der Waals surface area contributed by atoms with Crippen LogP contribution in [-0.2, 0) is 11.3 Å². The summed E-state index contributed by atoms with van der Waals surface area (Å²) in [6.45, 7) is 5.99. The fourth-order valence-corrected chi connectivity index (χ4v) is 4.02. The highest BCUT2D eigenvalue weighted by molar-refractivity contribution is 5.94. The number of piperidine rings is 1. The number of carbonyl (C=O) groups is 2. The number of rotatable bonds is 5. The fourth-order valence-electron chi connectivity index (χ4n) is 4.02. The summed E-state index contributed by atoms with van der Waals surface area (Å²) in [6, 6.07) is 16.6. The smallest absolute Gasteiger partial charge is 0.251 e. The molecule has 1 aliphatic heterocycles. The highest BCUT2D eigenvalue weighted by Gasteiger charge is 2.24. The molecular formula is C24H28N4O2. The Hall–Kier alpha value is -3.15. The lowest BCUT2D eigenvalue weighted by Gasteiger charge is -2.30.